The first kappa shape index (κ1) is 27.2. The van der Waals surface area contributed by atoms with E-state index in [0.29, 0.717) is 12.2 Å². The molecule has 10 rings (SSSR count). The monoisotopic (exact) mass is 622 g/mol. The van der Waals surface area contributed by atoms with Gasteiger partial charge < -0.3 is 4.74 Å². The maximum Gasteiger partial charge on any atom is 0.403 e. The molecule has 0 fully saturated rings. The highest BCUT2D eigenvalue weighted by Gasteiger charge is 2.70. The zero-order valence-electron chi connectivity index (χ0n) is 26.7. The van der Waals surface area contributed by atoms with Gasteiger partial charge in [-0.1, -0.05) is 72.3 Å². The largest absolute Gasteiger partial charge is 0.461 e. The van der Waals surface area contributed by atoms with Gasteiger partial charge in [-0.15, -0.1) is 0 Å². The number of nitrogens with zero attached hydrogens (tertiary/aromatic N) is 3. The smallest absolute Gasteiger partial charge is 0.403 e. The second-order valence-corrected chi connectivity index (χ2v) is 13.2. The number of hydrogen-bond donors (Lipinski definition) is 0. The molecule has 1 spiro atoms. The Morgan fingerprint density at radius 2 is 1.50 bits per heavy atom. The number of benzene rings is 4. The lowest BCUT2D eigenvalue weighted by Gasteiger charge is -2.34. The third-order valence-corrected chi connectivity index (χ3v) is 10.8. The molecule has 228 valence electrons. The summed E-state index contributed by atoms with van der Waals surface area (Å²) in [4.78, 5) is 14.1. The van der Waals surface area contributed by atoms with E-state index in [1.165, 1.54) is 57.1 Å². The Hall–Kier alpha value is -5.94. The van der Waals surface area contributed by atoms with Gasteiger partial charge in [0, 0.05) is 35.9 Å². The van der Waals surface area contributed by atoms with Crippen LogP contribution in [0.3, 0.4) is 0 Å². The average molecular weight is 623 g/mol. The Bertz CT molecular complexity index is 2520. The standard InChI is InChI=1S/C43H32N3O2/c1-27-17-19-28(20-18-27)30-24-37-32-12-5-6-15-35(32)43-39(46(37)38(25-30)42(47)48-2)26-44-23-21-29-10-3-4-11-31(29)41(44)34-14-9-13-33(40(34)43)36-16-7-8-22-45(36)43/h3-25,39H,26H2,1-2H3/q+3. The molecule has 48 heavy (non-hydrogen) atoms. The molecule has 3 aromatic heterocycles. The van der Waals surface area contributed by atoms with Crippen molar-refractivity contribution in [3.05, 3.63) is 162 Å². The molecule has 0 N–H and O–H groups in total. The van der Waals surface area contributed by atoms with E-state index in [9.17, 15) is 4.79 Å². The van der Waals surface area contributed by atoms with Crippen LogP contribution in [-0.2, 0) is 16.8 Å². The lowest BCUT2D eigenvalue weighted by molar-refractivity contribution is -0.856. The SMILES string of the molecule is COC(=O)c1cc(-c2ccc(C)cc2)cc2[n+]1C1C[n+]3ccc4ccccc4c3-c3cccc4c3C1(c1ccccc1-2)[n+]1ccccc1-4. The van der Waals surface area contributed by atoms with Crippen LogP contribution in [0.5, 0.6) is 0 Å². The molecule has 0 saturated carbocycles. The summed E-state index contributed by atoms with van der Waals surface area (Å²) in [6.45, 7) is 2.73. The third kappa shape index (κ3) is 3.40. The number of rotatable bonds is 2. The fourth-order valence-corrected chi connectivity index (χ4v) is 8.89. The molecule has 0 bridgehead atoms. The number of aryl methyl sites for hydroxylation is 1. The normalized spacial score (nSPS) is 17.7. The van der Waals surface area contributed by atoms with Gasteiger partial charge in [0.1, 0.15) is 0 Å². The highest BCUT2D eigenvalue weighted by Crippen LogP contribution is 2.56. The van der Waals surface area contributed by atoms with E-state index in [4.69, 9.17) is 4.74 Å². The molecule has 0 aliphatic carbocycles. The second kappa shape index (κ2) is 9.79. The summed E-state index contributed by atoms with van der Waals surface area (Å²) in [5.41, 5.74) is 12.5. The number of hydrogen-bond acceptors (Lipinski definition) is 2. The lowest BCUT2D eigenvalue weighted by Crippen LogP contribution is -2.71. The number of aromatic nitrogens is 3. The molecule has 6 heterocycles. The maximum absolute atomic E-state index is 14.1. The van der Waals surface area contributed by atoms with E-state index in [0.717, 1.165) is 22.4 Å². The predicted octanol–water partition coefficient (Wildman–Crippen LogP) is 7.14. The van der Waals surface area contributed by atoms with Gasteiger partial charge in [0.15, 0.2) is 12.4 Å². The minimum atomic E-state index is -0.655. The van der Waals surface area contributed by atoms with Gasteiger partial charge in [-0.2, -0.15) is 13.7 Å². The van der Waals surface area contributed by atoms with Crippen molar-refractivity contribution in [1.29, 1.82) is 0 Å². The van der Waals surface area contributed by atoms with Crippen molar-refractivity contribution < 1.29 is 23.2 Å². The van der Waals surface area contributed by atoms with Crippen molar-refractivity contribution in [2.24, 2.45) is 0 Å². The number of methoxy groups -OCH3 is 1. The number of carbonyl (C=O) groups excluding carboxylic acids is 1. The number of carbonyl (C=O) groups is 1. The number of fused-ring (bicyclic) bond motifs is 10. The molecule has 0 amide bonds. The summed E-state index contributed by atoms with van der Waals surface area (Å²) in [5.74, 6) is -0.350. The van der Waals surface area contributed by atoms with Gasteiger partial charge in [0.2, 0.25) is 23.6 Å². The predicted molar refractivity (Wildman–Crippen MR) is 184 cm³/mol. The second-order valence-electron chi connectivity index (χ2n) is 13.2. The van der Waals surface area contributed by atoms with E-state index >= 15 is 0 Å². The summed E-state index contributed by atoms with van der Waals surface area (Å²) >= 11 is 0. The molecule has 3 aliphatic heterocycles. The summed E-state index contributed by atoms with van der Waals surface area (Å²) in [7, 11) is 1.48. The molecule has 0 saturated heterocycles. The highest BCUT2D eigenvalue weighted by molar-refractivity contribution is 5.96. The number of esters is 1. The summed E-state index contributed by atoms with van der Waals surface area (Å²) in [6.07, 6.45) is 4.45. The number of ether oxygens (including phenoxy) is 1. The molecule has 7 aromatic rings. The molecule has 4 aromatic carbocycles. The zero-order chi connectivity index (χ0) is 32.1. The average Bonchev–Trinajstić information content (AvgIpc) is 3.35. The van der Waals surface area contributed by atoms with Crippen molar-refractivity contribution >= 4 is 16.7 Å². The topological polar surface area (TPSA) is 37.9 Å². The summed E-state index contributed by atoms with van der Waals surface area (Å²) in [6, 6.07) is 45.5. The molecular formula is C43H32N3O2+3. The van der Waals surface area contributed by atoms with Crippen LogP contribution >= 0.6 is 0 Å². The highest BCUT2D eigenvalue weighted by atomic mass is 16.5. The Balaban J connectivity index is 1.40. The van der Waals surface area contributed by atoms with Gasteiger partial charge in [-0.3, -0.25) is 0 Å². The van der Waals surface area contributed by atoms with Crippen molar-refractivity contribution in [1.82, 2.24) is 0 Å². The van der Waals surface area contributed by atoms with Crippen LogP contribution in [0.1, 0.15) is 33.2 Å². The minimum Gasteiger partial charge on any atom is -0.461 e. The fraction of sp³-hybridized carbons (Fsp3) is 0.116. The van der Waals surface area contributed by atoms with Crippen LogP contribution in [0.25, 0.3) is 55.7 Å². The van der Waals surface area contributed by atoms with Gasteiger partial charge >= 0.3 is 5.97 Å². The quantitative estimate of drug-likeness (QED) is 0.152. The van der Waals surface area contributed by atoms with Crippen molar-refractivity contribution in [3.63, 3.8) is 0 Å². The molecule has 2 unspecified atom stereocenters. The minimum absolute atomic E-state index is 0.218. The third-order valence-electron chi connectivity index (χ3n) is 10.8. The van der Waals surface area contributed by atoms with Gasteiger partial charge in [0.05, 0.1) is 34.7 Å². The van der Waals surface area contributed by atoms with Crippen LogP contribution in [-0.4, -0.2) is 13.1 Å². The molecule has 5 nitrogen and oxygen atoms in total. The van der Waals surface area contributed by atoms with E-state index in [2.05, 4.69) is 154 Å². The summed E-state index contributed by atoms with van der Waals surface area (Å²) < 4.78 is 12.8. The van der Waals surface area contributed by atoms with Crippen LogP contribution in [0, 0.1) is 6.92 Å². The molecule has 3 aliphatic rings. The molecule has 2 atom stereocenters. The molecular weight excluding hydrogens is 590 g/mol. The summed E-state index contributed by atoms with van der Waals surface area (Å²) in [5, 5.41) is 2.42. The van der Waals surface area contributed by atoms with Gasteiger partial charge in [0.25, 0.3) is 17.3 Å². The van der Waals surface area contributed by atoms with E-state index in [-0.39, 0.29) is 12.0 Å². The fourth-order valence-electron chi connectivity index (χ4n) is 8.89. The first-order valence-electron chi connectivity index (χ1n) is 16.5. The zero-order valence-corrected chi connectivity index (χ0v) is 26.7. The van der Waals surface area contributed by atoms with Crippen molar-refractivity contribution in [3.8, 4) is 44.9 Å². The Labute approximate surface area is 278 Å². The van der Waals surface area contributed by atoms with Crippen LogP contribution in [0.4, 0.5) is 0 Å². The Morgan fingerprint density at radius 3 is 2.38 bits per heavy atom. The van der Waals surface area contributed by atoms with Crippen molar-refractivity contribution in [2.45, 2.75) is 25.0 Å². The van der Waals surface area contributed by atoms with Crippen LogP contribution in [0.15, 0.2) is 140 Å². The lowest BCUT2D eigenvalue weighted by atomic mass is 9.70. The van der Waals surface area contributed by atoms with Crippen LogP contribution in [0.2, 0.25) is 0 Å². The Kier molecular flexibility index (Phi) is 5.54. The van der Waals surface area contributed by atoms with E-state index < -0.39 is 5.54 Å². The van der Waals surface area contributed by atoms with Crippen LogP contribution < -0.4 is 13.7 Å². The van der Waals surface area contributed by atoms with E-state index in [1.807, 2.05) is 6.07 Å². The first-order chi connectivity index (χ1) is 23.6. The van der Waals surface area contributed by atoms with Crippen molar-refractivity contribution in [2.75, 3.05) is 7.11 Å². The maximum atomic E-state index is 14.1. The van der Waals surface area contributed by atoms with Gasteiger partial charge in [-0.05, 0) is 53.8 Å². The molecule has 5 heteroatoms. The number of pyridine rings is 3. The van der Waals surface area contributed by atoms with E-state index in [1.54, 1.807) is 0 Å². The Morgan fingerprint density at radius 1 is 0.729 bits per heavy atom. The van der Waals surface area contributed by atoms with Gasteiger partial charge in [-0.25, -0.2) is 4.79 Å². The molecule has 0 radical (unpaired) electrons. The first-order valence-corrected chi connectivity index (χ1v) is 16.5.